The maximum Gasteiger partial charge on any atom is 0.0648 e. The highest BCUT2D eigenvalue weighted by molar-refractivity contribution is 4.88. The van der Waals surface area contributed by atoms with Crippen molar-refractivity contribution in [2.45, 2.75) is 63.9 Å². The number of unbranched alkanes of at least 4 members (excludes halogenated alkanes) is 2. The lowest BCUT2D eigenvalue weighted by Crippen LogP contribution is -2.31. The van der Waals surface area contributed by atoms with Gasteiger partial charge in [-0.3, -0.25) is 0 Å². The molecule has 0 amide bonds. The van der Waals surface area contributed by atoms with Gasteiger partial charge < -0.3 is 5.11 Å². The summed E-state index contributed by atoms with van der Waals surface area (Å²) in [5, 5.41) is 10.1. The van der Waals surface area contributed by atoms with E-state index < -0.39 is 0 Å². The molecule has 1 fully saturated rings. The van der Waals surface area contributed by atoms with Crippen molar-refractivity contribution in [3.8, 4) is 0 Å². The van der Waals surface area contributed by atoms with Gasteiger partial charge in [0.1, 0.15) is 0 Å². The SMILES string of the molecule is CCCCCC1(O)CC[CH]CC1. The van der Waals surface area contributed by atoms with Crippen molar-refractivity contribution in [2.75, 3.05) is 0 Å². The highest BCUT2D eigenvalue weighted by Crippen LogP contribution is 2.31. The van der Waals surface area contributed by atoms with E-state index >= 15 is 0 Å². The molecule has 1 aliphatic carbocycles. The molecule has 1 heteroatoms. The molecule has 0 aromatic carbocycles. The number of aliphatic hydroxyl groups is 1. The van der Waals surface area contributed by atoms with Crippen molar-refractivity contribution >= 4 is 0 Å². The van der Waals surface area contributed by atoms with Crippen LogP contribution in [0.1, 0.15) is 58.3 Å². The van der Waals surface area contributed by atoms with Gasteiger partial charge in [0, 0.05) is 0 Å². The van der Waals surface area contributed by atoms with Crippen LogP contribution >= 0.6 is 0 Å². The van der Waals surface area contributed by atoms with Crippen LogP contribution in [-0.4, -0.2) is 10.7 Å². The normalized spacial score (nSPS) is 22.5. The van der Waals surface area contributed by atoms with Gasteiger partial charge in [-0.05, 0) is 38.5 Å². The smallest absolute Gasteiger partial charge is 0.0648 e. The van der Waals surface area contributed by atoms with E-state index in [0.29, 0.717) is 0 Å². The molecule has 1 aliphatic rings. The van der Waals surface area contributed by atoms with Gasteiger partial charge in [0.15, 0.2) is 0 Å². The molecule has 0 aliphatic heterocycles. The second-order valence-corrected chi connectivity index (χ2v) is 4.05. The molecule has 1 saturated carbocycles. The predicted molar refractivity (Wildman–Crippen MR) is 51.9 cm³/mol. The molecule has 0 atom stereocenters. The van der Waals surface area contributed by atoms with E-state index in [-0.39, 0.29) is 5.60 Å². The van der Waals surface area contributed by atoms with Crippen LogP contribution in [-0.2, 0) is 0 Å². The lowest BCUT2D eigenvalue weighted by molar-refractivity contribution is 0.00262. The molecule has 1 rings (SSSR count). The van der Waals surface area contributed by atoms with Crippen LogP contribution in [0.15, 0.2) is 0 Å². The molecule has 1 radical (unpaired) electrons. The third-order valence-corrected chi connectivity index (χ3v) is 2.87. The summed E-state index contributed by atoms with van der Waals surface area (Å²) >= 11 is 0. The minimum Gasteiger partial charge on any atom is -0.390 e. The Hall–Kier alpha value is -0.0400. The highest BCUT2D eigenvalue weighted by Gasteiger charge is 2.27. The van der Waals surface area contributed by atoms with Crippen LogP contribution in [0, 0.1) is 6.42 Å². The van der Waals surface area contributed by atoms with Gasteiger partial charge in [0.05, 0.1) is 5.60 Å². The molecule has 0 spiro atoms. The molecule has 12 heavy (non-hydrogen) atoms. The fourth-order valence-electron chi connectivity index (χ4n) is 1.96. The zero-order chi connectivity index (χ0) is 8.86. The lowest BCUT2D eigenvalue weighted by Gasteiger charge is -2.31. The summed E-state index contributed by atoms with van der Waals surface area (Å²) in [4.78, 5) is 0. The van der Waals surface area contributed by atoms with Crippen molar-refractivity contribution in [2.24, 2.45) is 0 Å². The second-order valence-electron chi connectivity index (χ2n) is 4.05. The summed E-state index contributed by atoms with van der Waals surface area (Å²) in [5.41, 5.74) is -0.302. The third-order valence-electron chi connectivity index (χ3n) is 2.87. The zero-order valence-corrected chi connectivity index (χ0v) is 8.18. The summed E-state index contributed by atoms with van der Waals surface area (Å²) in [6.07, 6.45) is 11.3. The van der Waals surface area contributed by atoms with Gasteiger partial charge in [-0.25, -0.2) is 0 Å². The number of hydrogen-bond donors (Lipinski definition) is 1. The van der Waals surface area contributed by atoms with Crippen LogP contribution in [0.2, 0.25) is 0 Å². The number of hydrogen-bond acceptors (Lipinski definition) is 1. The van der Waals surface area contributed by atoms with Gasteiger partial charge in [0.25, 0.3) is 0 Å². The first-order chi connectivity index (χ1) is 5.77. The zero-order valence-electron chi connectivity index (χ0n) is 8.18. The van der Waals surface area contributed by atoms with Crippen molar-refractivity contribution in [3.05, 3.63) is 6.42 Å². The molecule has 0 bridgehead atoms. The first-order valence-corrected chi connectivity index (χ1v) is 5.31. The minimum atomic E-state index is -0.302. The first kappa shape index (κ1) is 10.0. The van der Waals surface area contributed by atoms with Crippen LogP contribution in [0.25, 0.3) is 0 Å². The summed E-state index contributed by atoms with van der Waals surface area (Å²) in [6, 6.07) is 0. The number of rotatable bonds is 4. The third kappa shape index (κ3) is 3.14. The maximum absolute atomic E-state index is 10.1. The Morgan fingerprint density at radius 2 is 1.92 bits per heavy atom. The highest BCUT2D eigenvalue weighted by atomic mass is 16.3. The molecule has 0 unspecified atom stereocenters. The van der Waals surface area contributed by atoms with Crippen LogP contribution in [0.5, 0.6) is 0 Å². The van der Waals surface area contributed by atoms with E-state index in [2.05, 4.69) is 13.3 Å². The van der Waals surface area contributed by atoms with E-state index in [4.69, 9.17) is 0 Å². The van der Waals surface area contributed by atoms with Crippen molar-refractivity contribution < 1.29 is 5.11 Å². The van der Waals surface area contributed by atoms with E-state index in [1.165, 1.54) is 19.3 Å². The predicted octanol–water partition coefficient (Wildman–Crippen LogP) is 3.08. The maximum atomic E-state index is 10.1. The van der Waals surface area contributed by atoms with Crippen LogP contribution in [0.4, 0.5) is 0 Å². The summed E-state index contributed by atoms with van der Waals surface area (Å²) in [7, 11) is 0. The monoisotopic (exact) mass is 169 g/mol. The Bertz CT molecular complexity index is 114. The molecule has 0 saturated heterocycles. The van der Waals surface area contributed by atoms with E-state index in [0.717, 1.165) is 32.1 Å². The minimum absolute atomic E-state index is 0.302. The topological polar surface area (TPSA) is 20.2 Å². The summed E-state index contributed by atoms with van der Waals surface area (Å²) in [6.45, 7) is 2.21. The van der Waals surface area contributed by atoms with Crippen LogP contribution < -0.4 is 0 Å². The van der Waals surface area contributed by atoms with Gasteiger partial charge in [-0.1, -0.05) is 26.2 Å². The largest absolute Gasteiger partial charge is 0.390 e. The van der Waals surface area contributed by atoms with Gasteiger partial charge >= 0.3 is 0 Å². The standard InChI is InChI=1S/C11H21O/c1-2-3-5-8-11(12)9-6-4-7-10-11/h4,12H,2-3,5-10H2,1H3. The average molecular weight is 169 g/mol. The summed E-state index contributed by atoms with van der Waals surface area (Å²) < 4.78 is 0. The van der Waals surface area contributed by atoms with Crippen molar-refractivity contribution in [1.29, 1.82) is 0 Å². The van der Waals surface area contributed by atoms with Crippen LogP contribution in [0.3, 0.4) is 0 Å². The molecule has 1 nitrogen and oxygen atoms in total. The summed E-state index contributed by atoms with van der Waals surface area (Å²) in [5.74, 6) is 0. The van der Waals surface area contributed by atoms with Crippen molar-refractivity contribution in [3.63, 3.8) is 0 Å². The average Bonchev–Trinajstić information content (AvgIpc) is 2.06. The van der Waals surface area contributed by atoms with E-state index in [1.54, 1.807) is 0 Å². The Morgan fingerprint density at radius 3 is 2.50 bits per heavy atom. The van der Waals surface area contributed by atoms with Gasteiger partial charge in [-0.2, -0.15) is 0 Å². The fraction of sp³-hybridized carbons (Fsp3) is 0.909. The first-order valence-electron chi connectivity index (χ1n) is 5.31. The molecular weight excluding hydrogens is 148 g/mol. The lowest BCUT2D eigenvalue weighted by atomic mass is 9.81. The van der Waals surface area contributed by atoms with Gasteiger partial charge in [0.2, 0.25) is 0 Å². The quantitative estimate of drug-likeness (QED) is 0.641. The van der Waals surface area contributed by atoms with Gasteiger partial charge in [-0.15, -0.1) is 0 Å². The fourth-order valence-corrected chi connectivity index (χ4v) is 1.96. The molecule has 71 valence electrons. The molecule has 0 heterocycles. The Morgan fingerprint density at radius 1 is 1.25 bits per heavy atom. The molecule has 0 aromatic rings. The Balaban J connectivity index is 2.17. The molecular formula is C11H21O. The molecule has 0 aromatic heterocycles. The van der Waals surface area contributed by atoms with E-state index in [1.807, 2.05) is 0 Å². The second kappa shape index (κ2) is 4.86. The van der Waals surface area contributed by atoms with Crippen molar-refractivity contribution in [1.82, 2.24) is 0 Å². The Labute approximate surface area is 76.2 Å². The molecule has 1 N–H and O–H groups in total. The van der Waals surface area contributed by atoms with E-state index in [9.17, 15) is 5.11 Å². The Kier molecular flexibility index (Phi) is 4.07.